The number of benzene rings is 2. The number of carbonyl (C=O) groups is 1. The Morgan fingerprint density at radius 1 is 1.16 bits per heavy atom. The molecule has 2 aromatic carbocycles. The summed E-state index contributed by atoms with van der Waals surface area (Å²) in [6.45, 7) is 2.43. The van der Waals surface area contributed by atoms with Crippen LogP contribution in [-0.2, 0) is 21.4 Å². The van der Waals surface area contributed by atoms with Gasteiger partial charge >= 0.3 is 0 Å². The summed E-state index contributed by atoms with van der Waals surface area (Å²) in [7, 11) is -3.58. The molecule has 0 fully saturated rings. The Hall–Kier alpha value is -2.55. The lowest BCUT2D eigenvalue weighted by atomic mass is 10.2. The first-order valence-electron chi connectivity index (χ1n) is 9.94. The number of rotatable bonds is 9. The second-order valence-corrected chi connectivity index (χ2v) is 10.1. The molecule has 32 heavy (non-hydrogen) atoms. The van der Waals surface area contributed by atoms with Gasteiger partial charge in [0.05, 0.1) is 17.0 Å². The molecule has 0 unspecified atom stereocenters. The van der Waals surface area contributed by atoms with E-state index in [1.165, 1.54) is 10.4 Å². The molecule has 0 aliphatic carbocycles. The first kappa shape index (κ1) is 24.1. The summed E-state index contributed by atoms with van der Waals surface area (Å²) >= 11 is 12.2. The van der Waals surface area contributed by atoms with Crippen molar-refractivity contribution in [3.63, 3.8) is 0 Å². The summed E-state index contributed by atoms with van der Waals surface area (Å²) in [5.74, 6) is 0.735. The molecule has 0 radical (unpaired) electrons. The molecule has 0 saturated carbocycles. The average Bonchev–Trinajstić information content (AvgIpc) is 3.17. The maximum atomic E-state index is 12.3. The molecule has 3 aromatic rings. The molecule has 0 aliphatic heterocycles. The van der Waals surface area contributed by atoms with Crippen molar-refractivity contribution in [2.24, 2.45) is 0 Å². The Labute approximate surface area is 198 Å². The molecule has 0 spiro atoms. The number of imidazole rings is 1. The number of nitrogens with zero attached hydrogens (tertiary/aromatic N) is 3. The second kappa shape index (κ2) is 10.4. The summed E-state index contributed by atoms with van der Waals surface area (Å²) < 4.78 is 27.6. The van der Waals surface area contributed by atoms with Crippen LogP contribution in [-0.4, -0.2) is 36.7 Å². The van der Waals surface area contributed by atoms with E-state index in [0.29, 0.717) is 23.7 Å². The molecule has 0 aliphatic rings. The van der Waals surface area contributed by atoms with Gasteiger partial charge in [0.25, 0.3) is 0 Å². The summed E-state index contributed by atoms with van der Waals surface area (Å²) in [5.41, 5.74) is 2.26. The van der Waals surface area contributed by atoms with E-state index in [9.17, 15) is 13.2 Å². The predicted molar refractivity (Wildman–Crippen MR) is 128 cm³/mol. The summed E-state index contributed by atoms with van der Waals surface area (Å²) in [6, 6.07) is 12.5. The van der Waals surface area contributed by atoms with Crippen LogP contribution in [0.3, 0.4) is 0 Å². The third-order valence-electron chi connectivity index (χ3n) is 4.87. The van der Waals surface area contributed by atoms with Gasteiger partial charge in [0, 0.05) is 42.6 Å². The highest BCUT2D eigenvalue weighted by Crippen LogP contribution is 2.30. The Kier molecular flexibility index (Phi) is 7.82. The van der Waals surface area contributed by atoms with Crippen LogP contribution in [0.2, 0.25) is 10.0 Å². The van der Waals surface area contributed by atoms with E-state index in [1.807, 2.05) is 42.0 Å². The number of halogens is 2. The zero-order valence-electron chi connectivity index (χ0n) is 17.8. The Bertz CT molecular complexity index is 1190. The van der Waals surface area contributed by atoms with Crippen LogP contribution in [0.4, 0.5) is 5.69 Å². The molecule has 170 valence electrons. The molecule has 1 heterocycles. The van der Waals surface area contributed by atoms with Crippen LogP contribution < -0.4 is 9.62 Å². The molecule has 1 N–H and O–H groups in total. The summed E-state index contributed by atoms with van der Waals surface area (Å²) in [6.07, 6.45) is 5.24. The van der Waals surface area contributed by atoms with Gasteiger partial charge in [-0.05, 0) is 49.2 Å². The van der Waals surface area contributed by atoms with Gasteiger partial charge in [0.15, 0.2) is 0 Å². The van der Waals surface area contributed by atoms with E-state index in [-0.39, 0.29) is 23.9 Å². The lowest BCUT2D eigenvalue weighted by molar-refractivity contribution is -0.121. The smallest absolute Gasteiger partial charge is 0.232 e. The predicted octanol–water partition coefficient (Wildman–Crippen LogP) is 4.35. The maximum Gasteiger partial charge on any atom is 0.232 e. The number of aryl methyl sites for hydroxylation is 1. The van der Waals surface area contributed by atoms with Gasteiger partial charge in [-0.15, -0.1) is 0 Å². The number of nitrogens with one attached hydrogen (secondary N) is 1. The van der Waals surface area contributed by atoms with Gasteiger partial charge in [0.2, 0.25) is 15.9 Å². The Morgan fingerprint density at radius 2 is 1.88 bits per heavy atom. The molecule has 3 rings (SSSR count). The van der Waals surface area contributed by atoms with Gasteiger partial charge in [-0.1, -0.05) is 35.3 Å². The van der Waals surface area contributed by atoms with Crippen molar-refractivity contribution in [1.29, 1.82) is 0 Å². The minimum Gasteiger partial charge on any atom is -0.352 e. The third kappa shape index (κ3) is 6.25. The highest BCUT2D eigenvalue weighted by Gasteiger charge is 2.20. The molecule has 0 bridgehead atoms. The molecular formula is C22H24Cl2N4O3S. The maximum absolute atomic E-state index is 12.3. The van der Waals surface area contributed by atoms with E-state index < -0.39 is 10.0 Å². The topological polar surface area (TPSA) is 84.3 Å². The van der Waals surface area contributed by atoms with E-state index in [1.54, 1.807) is 18.3 Å². The Morgan fingerprint density at radius 3 is 2.50 bits per heavy atom. The number of hydrogen-bond donors (Lipinski definition) is 1. The summed E-state index contributed by atoms with van der Waals surface area (Å²) in [4.78, 5) is 16.5. The molecule has 7 nitrogen and oxygen atoms in total. The van der Waals surface area contributed by atoms with E-state index >= 15 is 0 Å². The summed E-state index contributed by atoms with van der Waals surface area (Å²) in [5, 5.41) is 3.52. The van der Waals surface area contributed by atoms with Crippen molar-refractivity contribution in [2.45, 2.75) is 26.3 Å². The van der Waals surface area contributed by atoms with Crippen LogP contribution in [0, 0.1) is 6.92 Å². The fourth-order valence-corrected chi connectivity index (χ4v) is 4.64. The van der Waals surface area contributed by atoms with Gasteiger partial charge in [-0.2, -0.15) is 0 Å². The van der Waals surface area contributed by atoms with Crippen molar-refractivity contribution in [3.05, 3.63) is 76.3 Å². The highest BCUT2D eigenvalue weighted by atomic mass is 35.5. The van der Waals surface area contributed by atoms with Crippen LogP contribution >= 0.6 is 23.2 Å². The van der Waals surface area contributed by atoms with E-state index in [2.05, 4.69) is 10.3 Å². The van der Waals surface area contributed by atoms with Crippen molar-refractivity contribution in [2.75, 3.05) is 17.1 Å². The number of amides is 1. The standard InChI is InChI=1S/C22H24Cl2N4O3S/c1-16-25-11-13-27(16)19-8-5-17(6-9-19)15-26-22(29)4-3-12-28(32(2,30)31)21-14-18(23)7-10-20(21)24/h5-11,13-14H,3-4,12,15H2,1-2H3,(H,26,29). The zero-order valence-corrected chi connectivity index (χ0v) is 20.1. The molecule has 10 heteroatoms. The van der Waals surface area contributed by atoms with Gasteiger partial charge in [0.1, 0.15) is 5.82 Å². The molecule has 0 atom stereocenters. The first-order valence-corrected chi connectivity index (χ1v) is 12.5. The minimum atomic E-state index is -3.58. The average molecular weight is 495 g/mol. The van der Waals surface area contributed by atoms with E-state index in [0.717, 1.165) is 23.3 Å². The minimum absolute atomic E-state index is 0.116. The van der Waals surface area contributed by atoms with Crippen molar-refractivity contribution >= 4 is 44.8 Å². The molecule has 1 aromatic heterocycles. The van der Waals surface area contributed by atoms with Gasteiger partial charge < -0.3 is 9.88 Å². The van der Waals surface area contributed by atoms with Crippen molar-refractivity contribution in [1.82, 2.24) is 14.9 Å². The number of hydrogen-bond acceptors (Lipinski definition) is 4. The fourth-order valence-electron chi connectivity index (χ4n) is 3.24. The molecule has 1 amide bonds. The fraction of sp³-hybridized carbons (Fsp3) is 0.273. The lowest BCUT2D eigenvalue weighted by Crippen LogP contribution is -2.32. The van der Waals surface area contributed by atoms with Crippen LogP contribution in [0.25, 0.3) is 5.69 Å². The van der Waals surface area contributed by atoms with E-state index in [4.69, 9.17) is 23.2 Å². The van der Waals surface area contributed by atoms with Crippen molar-refractivity contribution in [3.8, 4) is 5.69 Å². The molecule has 0 saturated heterocycles. The molecular weight excluding hydrogens is 471 g/mol. The number of carbonyl (C=O) groups excluding carboxylic acids is 1. The van der Waals surface area contributed by atoms with Gasteiger partial charge in [-0.3, -0.25) is 9.10 Å². The monoisotopic (exact) mass is 494 g/mol. The van der Waals surface area contributed by atoms with Crippen LogP contribution in [0.5, 0.6) is 0 Å². The first-order chi connectivity index (χ1) is 15.1. The van der Waals surface area contributed by atoms with Crippen molar-refractivity contribution < 1.29 is 13.2 Å². The van der Waals surface area contributed by atoms with Gasteiger partial charge in [-0.25, -0.2) is 13.4 Å². The highest BCUT2D eigenvalue weighted by molar-refractivity contribution is 7.92. The SMILES string of the molecule is Cc1nccn1-c1ccc(CNC(=O)CCCN(c2cc(Cl)ccc2Cl)S(C)(=O)=O)cc1. The Balaban J connectivity index is 1.53. The third-order valence-corrected chi connectivity index (χ3v) is 6.61. The number of sulfonamides is 1. The number of aromatic nitrogens is 2. The largest absolute Gasteiger partial charge is 0.352 e. The lowest BCUT2D eigenvalue weighted by Gasteiger charge is -2.23. The van der Waals surface area contributed by atoms with Crippen LogP contribution in [0.15, 0.2) is 54.9 Å². The number of anilines is 1. The van der Waals surface area contributed by atoms with Crippen LogP contribution in [0.1, 0.15) is 24.2 Å². The normalized spacial score (nSPS) is 11.4. The quantitative estimate of drug-likeness (QED) is 0.479. The zero-order chi connectivity index (χ0) is 23.3. The second-order valence-electron chi connectivity index (χ2n) is 7.32.